The highest BCUT2D eigenvalue weighted by molar-refractivity contribution is 5.79. The van der Waals surface area contributed by atoms with Crippen molar-refractivity contribution in [2.24, 2.45) is 13.0 Å². The molecule has 138 valence electrons. The van der Waals surface area contributed by atoms with Gasteiger partial charge in [-0.3, -0.25) is 9.59 Å². The summed E-state index contributed by atoms with van der Waals surface area (Å²) in [5, 5.41) is 7.17. The molecule has 26 heavy (non-hydrogen) atoms. The number of anilines is 1. The summed E-state index contributed by atoms with van der Waals surface area (Å²) in [5.74, 6) is 0.468. The number of aromatic nitrogens is 2. The van der Waals surface area contributed by atoms with Crippen molar-refractivity contribution in [1.29, 1.82) is 0 Å². The van der Waals surface area contributed by atoms with Gasteiger partial charge in [0.1, 0.15) is 0 Å². The van der Waals surface area contributed by atoms with Gasteiger partial charge in [0, 0.05) is 38.7 Å². The minimum atomic E-state index is -0.114. The van der Waals surface area contributed by atoms with Crippen LogP contribution in [0.2, 0.25) is 0 Å². The van der Waals surface area contributed by atoms with Crippen LogP contribution < -0.4 is 15.8 Å². The van der Waals surface area contributed by atoms with Crippen molar-refractivity contribution in [3.8, 4) is 0 Å². The first-order chi connectivity index (χ1) is 12.5. The third-order valence-electron chi connectivity index (χ3n) is 5.14. The van der Waals surface area contributed by atoms with Crippen LogP contribution in [0.3, 0.4) is 0 Å². The maximum atomic E-state index is 12.5. The fourth-order valence-electron chi connectivity index (χ4n) is 3.33. The number of nitrogens with zero attached hydrogens (tertiary/aromatic N) is 3. The van der Waals surface area contributed by atoms with E-state index in [1.807, 2.05) is 18.2 Å². The normalized spacial score (nSPS) is 16.3. The SMILES string of the molecule is C[C@H](CNC(=O)C1CCN(c2cnn(C)c(=O)c2)CC1)c1ccccc1. The highest BCUT2D eigenvalue weighted by Gasteiger charge is 2.25. The van der Waals surface area contributed by atoms with Crippen LogP contribution in [0, 0.1) is 5.92 Å². The lowest BCUT2D eigenvalue weighted by Crippen LogP contribution is -2.41. The third kappa shape index (κ3) is 4.31. The molecular weight excluding hydrogens is 328 g/mol. The fourth-order valence-corrected chi connectivity index (χ4v) is 3.33. The van der Waals surface area contributed by atoms with Crippen LogP contribution in [0.25, 0.3) is 0 Å². The Labute approximate surface area is 153 Å². The molecular formula is C20H26N4O2. The predicted octanol–water partition coefficient (Wildman–Crippen LogP) is 1.92. The Balaban J connectivity index is 1.49. The van der Waals surface area contributed by atoms with E-state index < -0.39 is 0 Å². The van der Waals surface area contributed by atoms with Crippen LogP contribution in [0.15, 0.2) is 47.4 Å². The first-order valence-corrected chi connectivity index (χ1v) is 9.15. The van der Waals surface area contributed by atoms with Gasteiger partial charge in [-0.2, -0.15) is 5.10 Å². The Bertz CT molecular complexity index is 795. The average Bonchev–Trinajstić information content (AvgIpc) is 2.69. The van der Waals surface area contributed by atoms with Crippen LogP contribution in [-0.2, 0) is 11.8 Å². The largest absolute Gasteiger partial charge is 0.370 e. The molecule has 0 bridgehead atoms. The van der Waals surface area contributed by atoms with Crippen LogP contribution in [0.4, 0.5) is 5.69 Å². The molecule has 1 N–H and O–H groups in total. The number of rotatable bonds is 5. The monoisotopic (exact) mass is 354 g/mol. The summed E-state index contributed by atoms with van der Waals surface area (Å²) < 4.78 is 1.32. The van der Waals surface area contributed by atoms with Gasteiger partial charge in [0.15, 0.2) is 0 Å². The third-order valence-corrected chi connectivity index (χ3v) is 5.14. The number of carbonyl (C=O) groups excluding carboxylic acids is 1. The summed E-state index contributed by atoms with van der Waals surface area (Å²) >= 11 is 0. The van der Waals surface area contributed by atoms with E-state index in [-0.39, 0.29) is 17.4 Å². The molecule has 0 aliphatic carbocycles. The minimum Gasteiger partial charge on any atom is -0.370 e. The molecule has 1 fully saturated rings. The number of hydrogen-bond acceptors (Lipinski definition) is 4. The molecule has 0 unspecified atom stereocenters. The number of nitrogens with one attached hydrogen (secondary N) is 1. The number of benzene rings is 1. The molecule has 0 saturated carbocycles. The quantitative estimate of drug-likeness (QED) is 0.891. The molecule has 1 aromatic carbocycles. The van der Waals surface area contributed by atoms with E-state index in [4.69, 9.17) is 0 Å². The molecule has 2 heterocycles. The average molecular weight is 354 g/mol. The van der Waals surface area contributed by atoms with Crippen LogP contribution >= 0.6 is 0 Å². The number of amides is 1. The second-order valence-corrected chi connectivity index (χ2v) is 6.99. The van der Waals surface area contributed by atoms with Gasteiger partial charge in [-0.1, -0.05) is 37.3 Å². The van der Waals surface area contributed by atoms with Crippen molar-refractivity contribution >= 4 is 11.6 Å². The van der Waals surface area contributed by atoms with Crippen molar-refractivity contribution in [3.05, 3.63) is 58.5 Å². The number of piperidine rings is 1. The summed E-state index contributed by atoms with van der Waals surface area (Å²) in [5.41, 5.74) is 1.96. The summed E-state index contributed by atoms with van der Waals surface area (Å²) in [4.78, 5) is 26.3. The maximum absolute atomic E-state index is 12.5. The molecule has 1 aliphatic rings. The van der Waals surface area contributed by atoms with Crippen LogP contribution in [0.5, 0.6) is 0 Å². The Morgan fingerprint density at radius 3 is 2.62 bits per heavy atom. The van der Waals surface area contributed by atoms with Crippen molar-refractivity contribution in [2.75, 3.05) is 24.5 Å². The van der Waals surface area contributed by atoms with Gasteiger partial charge in [0.2, 0.25) is 5.91 Å². The van der Waals surface area contributed by atoms with Crippen LogP contribution in [-0.4, -0.2) is 35.3 Å². The molecule has 6 heteroatoms. The molecule has 1 saturated heterocycles. The number of carbonyl (C=O) groups is 1. The number of aryl methyl sites for hydroxylation is 1. The topological polar surface area (TPSA) is 67.2 Å². The number of hydrogen-bond donors (Lipinski definition) is 1. The zero-order valence-electron chi connectivity index (χ0n) is 15.4. The standard InChI is InChI=1S/C20H26N4O2/c1-15(16-6-4-3-5-7-16)13-21-20(26)17-8-10-24(11-9-17)18-12-19(25)23(2)22-14-18/h3-7,12,14-15,17H,8-11,13H2,1-2H3,(H,21,26)/t15-/m1/s1. The van der Waals surface area contributed by atoms with Gasteiger partial charge in [0.25, 0.3) is 5.56 Å². The van der Waals surface area contributed by atoms with Gasteiger partial charge >= 0.3 is 0 Å². The zero-order chi connectivity index (χ0) is 18.5. The molecule has 1 aliphatic heterocycles. The fraction of sp³-hybridized carbons (Fsp3) is 0.450. The molecule has 3 rings (SSSR count). The molecule has 2 aromatic rings. The van der Waals surface area contributed by atoms with Crippen LogP contribution in [0.1, 0.15) is 31.2 Å². The molecule has 6 nitrogen and oxygen atoms in total. The van der Waals surface area contributed by atoms with E-state index in [0.717, 1.165) is 31.6 Å². The molecule has 0 radical (unpaired) electrons. The van der Waals surface area contributed by atoms with Gasteiger partial charge in [-0.15, -0.1) is 0 Å². The van der Waals surface area contributed by atoms with Gasteiger partial charge < -0.3 is 10.2 Å². The molecule has 0 spiro atoms. The van der Waals surface area contributed by atoms with E-state index >= 15 is 0 Å². The second-order valence-electron chi connectivity index (χ2n) is 6.99. The molecule has 1 amide bonds. The van der Waals surface area contributed by atoms with E-state index in [2.05, 4.69) is 34.4 Å². The van der Waals surface area contributed by atoms with Crippen molar-refractivity contribution in [1.82, 2.24) is 15.1 Å². The van der Waals surface area contributed by atoms with E-state index in [1.165, 1.54) is 10.2 Å². The highest BCUT2D eigenvalue weighted by Crippen LogP contribution is 2.22. The van der Waals surface area contributed by atoms with Gasteiger partial charge in [-0.05, 0) is 24.3 Å². The van der Waals surface area contributed by atoms with Gasteiger partial charge in [-0.25, -0.2) is 4.68 Å². The summed E-state index contributed by atoms with van der Waals surface area (Å²) in [6.45, 7) is 4.31. The lowest BCUT2D eigenvalue weighted by molar-refractivity contribution is -0.125. The summed E-state index contributed by atoms with van der Waals surface area (Å²) in [6, 6.07) is 11.8. The van der Waals surface area contributed by atoms with E-state index in [9.17, 15) is 9.59 Å². The Hall–Kier alpha value is -2.63. The smallest absolute Gasteiger partial charge is 0.268 e. The lowest BCUT2D eigenvalue weighted by Gasteiger charge is -2.32. The maximum Gasteiger partial charge on any atom is 0.268 e. The Morgan fingerprint density at radius 1 is 1.27 bits per heavy atom. The highest BCUT2D eigenvalue weighted by atomic mass is 16.2. The first-order valence-electron chi connectivity index (χ1n) is 9.15. The Morgan fingerprint density at radius 2 is 1.96 bits per heavy atom. The van der Waals surface area contributed by atoms with Crippen molar-refractivity contribution < 1.29 is 4.79 Å². The van der Waals surface area contributed by atoms with Crippen molar-refractivity contribution in [2.45, 2.75) is 25.7 Å². The molecule has 1 atom stereocenters. The Kier molecular flexibility index (Phi) is 5.71. The van der Waals surface area contributed by atoms with E-state index in [0.29, 0.717) is 12.5 Å². The van der Waals surface area contributed by atoms with Gasteiger partial charge in [0.05, 0.1) is 11.9 Å². The van der Waals surface area contributed by atoms with Crippen molar-refractivity contribution in [3.63, 3.8) is 0 Å². The first kappa shape index (κ1) is 18.2. The predicted molar refractivity (Wildman–Crippen MR) is 102 cm³/mol. The molecule has 1 aromatic heterocycles. The minimum absolute atomic E-state index is 0.0359. The lowest BCUT2D eigenvalue weighted by atomic mass is 9.95. The summed E-state index contributed by atoms with van der Waals surface area (Å²) in [7, 11) is 1.64. The zero-order valence-corrected chi connectivity index (χ0v) is 15.4. The second kappa shape index (κ2) is 8.17. The van der Waals surface area contributed by atoms with E-state index in [1.54, 1.807) is 19.3 Å². The summed E-state index contributed by atoms with van der Waals surface area (Å²) in [6.07, 6.45) is 3.30.